The molecule has 2 heterocycles. The zero-order chi connectivity index (χ0) is 25.9. The average Bonchev–Trinajstić information content (AvgIpc) is 3.34. The minimum absolute atomic E-state index is 0.309. The molecule has 0 amide bonds. The van der Waals surface area contributed by atoms with Gasteiger partial charge in [0.25, 0.3) is 0 Å². The Morgan fingerprint density at radius 1 is 1.06 bits per heavy atom. The summed E-state index contributed by atoms with van der Waals surface area (Å²) in [7, 11) is 0. The molecule has 2 aromatic carbocycles. The van der Waals surface area contributed by atoms with Gasteiger partial charge in [0, 0.05) is 28.5 Å². The maximum Gasteiger partial charge on any atom is 0.158 e. The fourth-order valence-corrected chi connectivity index (χ4v) is 3.56. The van der Waals surface area contributed by atoms with Crippen LogP contribution < -0.4 is 0 Å². The fourth-order valence-electron chi connectivity index (χ4n) is 3.56. The van der Waals surface area contributed by atoms with E-state index in [1.807, 2.05) is 37.3 Å². The summed E-state index contributed by atoms with van der Waals surface area (Å²) in [6.45, 7) is 12.6. The van der Waals surface area contributed by atoms with Crippen molar-refractivity contribution in [3.63, 3.8) is 0 Å². The lowest BCUT2D eigenvalue weighted by atomic mass is 10.1. The van der Waals surface area contributed by atoms with Crippen LogP contribution in [-0.2, 0) is 6.54 Å². The summed E-state index contributed by atoms with van der Waals surface area (Å²) >= 11 is 0. The van der Waals surface area contributed by atoms with Gasteiger partial charge in [-0.15, -0.1) is 0 Å². The van der Waals surface area contributed by atoms with Crippen LogP contribution in [0.3, 0.4) is 0 Å². The lowest BCUT2D eigenvalue weighted by Crippen LogP contribution is -2.15. The number of aliphatic imine (C=N–C) groups is 1. The zero-order valence-electron chi connectivity index (χ0n) is 21.7. The molecule has 0 saturated carbocycles. The van der Waals surface area contributed by atoms with Gasteiger partial charge >= 0.3 is 0 Å². The number of halogens is 1. The van der Waals surface area contributed by atoms with Crippen LogP contribution >= 0.6 is 0 Å². The van der Waals surface area contributed by atoms with E-state index in [0.717, 1.165) is 11.3 Å². The lowest BCUT2D eigenvalue weighted by Gasteiger charge is -2.18. The molecule has 0 saturated heterocycles. The molecule has 0 N–H and O–H groups in total. The molecule has 1 aliphatic rings. The molecule has 0 radical (unpaired) electrons. The molecular formula is C30H35FN4O. The number of benzene rings is 2. The number of nitrogens with zero attached hydrogens (tertiary/aromatic N) is 4. The maximum atomic E-state index is 14.0. The molecule has 3 aromatic rings. The van der Waals surface area contributed by atoms with Crippen molar-refractivity contribution in [2.45, 2.75) is 59.9 Å². The quantitative estimate of drug-likeness (QED) is 0.239. The van der Waals surface area contributed by atoms with Gasteiger partial charge in [0.05, 0.1) is 18.1 Å². The number of unbranched alkanes of at least 4 members (excludes halogenated alkanes) is 3. The molecule has 0 fully saturated rings. The van der Waals surface area contributed by atoms with Crippen molar-refractivity contribution in [3.05, 3.63) is 101 Å². The van der Waals surface area contributed by atoms with E-state index in [0.29, 0.717) is 34.9 Å². The summed E-state index contributed by atoms with van der Waals surface area (Å²) in [4.78, 5) is 4.56. The fraction of sp³-hybridized carbons (Fsp3) is 0.300. The summed E-state index contributed by atoms with van der Waals surface area (Å²) in [6.07, 6.45) is 8.93. The predicted octanol–water partition coefficient (Wildman–Crippen LogP) is 8.08. The number of allylic oxidation sites excluding steroid dienone is 1. The Morgan fingerprint density at radius 2 is 1.75 bits per heavy atom. The van der Waals surface area contributed by atoms with Crippen molar-refractivity contribution < 1.29 is 8.91 Å². The smallest absolute Gasteiger partial charge is 0.158 e. The Morgan fingerprint density at radius 3 is 2.42 bits per heavy atom. The number of aryl methyl sites for hydroxylation is 1. The molecule has 0 unspecified atom stereocenters. The van der Waals surface area contributed by atoms with Crippen molar-refractivity contribution in [2.75, 3.05) is 0 Å². The number of rotatable bonds is 8. The van der Waals surface area contributed by atoms with Crippen LogP contribution in [0.2, 0.25) is 0 Å². The number of hydrogen-bond acceptors (Lipinski definition) is 5. The third-order valence-corrected chi connectivity index (χ3v) is 5.70. The number of hydrogen-bond donors (Lipinski definition) is 0. The molecule has 36 heavy (non-hydrogen) atoms. The Labute approximate surface area is 213 Å². The van der Waals surface area contributed by atoms with Gasteiger partial charge in [-0.25, -0.2) is 4.39 Å². The van der Waals surface area contributed by atoms with Gasteiger partial charge in [0.1, 0.15) is 18.1 Å². The summed E-state index contributed by atoms with van der Waals surface area (Å²) in [5.41, 5.74) is 5.24. The molecule has 4 rings (SSSR count). The van der Waals surface area contributed by atoms with Crippen LogP contribution in [0.15, 0.2) is 93.3 Å². The van der Waals surface area contributed by atoms with Gasteiger partial charge in [-0.1, -0.05) is 99.3 Å². The first-order valence-corrected chi connectivity index (χ1v) is 12.5. The third kappa shape index (κ3) is 7.60. The van der Waals surface area contributed by atoms with Crippen LogP contribution in [0.5, 0.6) is 0 Å². The molecular weight excluding hydrogens is 451 g/mol. The number of aromatic nitrogens is 1. The van der Waals surface area contributed by atoms with Gasteiger partial charge in [0.15, 0.2) is 5.76 Å². The second-order valence-electron chi connectivity index (χ2n) is 8.81. The monoisotopic (exact) mass is 486 g/mol. The van der Waals surface area contributed by atoms with Crippen molar-refractivity contribution in [1.82, 2.24) is 10.2 Å². The van der Waals surface area contributed by atoms with E-state index >= 15 is 0 Å². The zero-order valence-corrected chi connectivity index (χ0v) is 21.7. The van der Waals surface area contributed by atoms with Crippen molar-refractivity contribution in [3.8, 4) is 11.3 Å². The van der Waals surface area contributed by atoms with Crippen molar-refractivity contribution in [1.29, 1.82) is 0 Å². The Balaban J connectivity index is 0.000000538. The molecule has 188 valence electrons. The Hall–Kier alpha value is -3.80. The predicted molar refractivity (Wildman–Crippen MR) is 146 cm³/mol. The topological polar surface area (TPSA) is 54.0 Å². The second kappa shape index (κ2) is 13.3. The van der Waals surface area contributed by atoms with E-state index in [1.54, 1.807) is 42.5 Å². The van der Waals surface area contributed by atoms with Crippen molar-refractivity contribution in [2.24, 2.45) is 10.1 Å². The van der Waals surface area contributed by atoms with Crippen LogP contribution in [0.4, 0.5) is 4.39 Å². The summed E-state index contributed by atoms with van der Waals surface area (Å²) in [5, 5.41) is 10.2. The van der Waals surface area contributed by atoms with Gasteiger partial charge < -0.3 is 4.52 Å². The van der Waals surface area contributed by atoms with Crippen LogP contribution in [0, 0.1) is 12.7 Å². The van der Waals surface area contributed by atoms with Crippen LogP contribution in [0.1, 0.15) is 63.3 Å². The van der Waals surface area contributed by atoms with Gasteiger partial charge in [0.2, 0.25) is 0 Å². The first-order chi connectivity index (χ1) is 17.4. The van der Waals surface area contributed by atoms with E-state index in [-0.39, 0.29) is 5.82 Å². The average molecular weight is 487 g/mol. The van der Waals surface area contributed by atoms with Crippen LogP contribution in [-0.4, -0.2) is 22.1 Å². The molecule has 6 heteroatoms. The first-order valence-electron chi connectivity index (χ1n) is 12.5. The van der Waals surface area contributed by atoms with E-state index in [1.165, 1.54) is 37.3 Å². The lowest BCUT2D eigenvalue weighted by molar-refractivity contribution is 0.305. The standard InChI is InChI=1S/C24H21FN4O.C6H14/c1-16-8-10-19(11-9-16)23-12-20(30-28-23)14-29-15-24(17(2)13-26-29)27-18(3)21-6-4-5-7-22(21)25;1-3-5-6-4-2/h4-13,15H,2,14H2,1,3H3;3-6H2,1-2H3. The summed E-state index contributed by atoms with van der Waals surface area (Å²) in [5.74, 6) is 0.359. The minimum Gasteiger partial charge on any atom is -0.359 e. The van der Waals surface area contributed by atoms with E-state index in [9.17, 15) is 4.39 Å². The van der Waals surface area contributed by atoms with Gasteiger partial charge in [-0.3, -0.25) is 10.0 Å². The summed E-state index contributed by atoms with van der Waals surface area (Å²) < 4.78 is 19.5. The third-order valence-electron chi connectivity index (χ3n) is 5.70. The molecule has 1 aromatic heterocycles. The van der Waals surface area contributed by atoms with Gasteiger partial charge in [-0.2, -0.15) is 5.10 Å². The Bertz CT molecular complexity index is 1230. The first kappa shape index (κ1) is 26.8. The highest BCUT2D eigenvalue weighted by Crippen LogP contribution is 2.23. The number of hydrazone groups is 1. The molecule has 0 bridgehead atoms. The maximum absolute atomic E-state index is 14.0. The van der Waals surface area contributed by atoms with E-state index in [4.69, 9.17) is 4.52 Å². The normalized spacial score (nSPS) is 13.4. The minimum atomic E-state index is -0.309. The molecule has 0 aliphatic carbocycles. The molecule has 0 spiro atoms. The highest BCUT2D eigenvalue weighted by Gasteiger charge is 2.14. The van der Waals surface area contributed by atoms with Gasteiger partial charge in [-0.05, 0) is 19.9 Å². The Kier molecular flexibility index (Phi) is 9.92. The van der Waals surface area contributed by atoms with E-state index < -0.39 is 0 Å². The molecule has 0 atom stereocenters. The van der Waals surface area contributed by atoms with Crippen LogP contribution in [0.25, 0.3) is 11.3 Å². The molecule has 1 aliphatic heterocycles. The second-order valence-corrected chi connectivity index (χ2v) is 8.81. The van der Waals surface area contributed by atoms with E-state index in [2.05, 4.69) is 35.7 Å². The molecule has 5 nitrogen and oxygen atoms in total. The SMILES string of the molecule is C=C1C=NN(Cc2cc(-c3ccc(C)cc3)no2)C=C1N=C(C)c1ccccc1F.CCCCCC. The largest absolute Gasteiger partial charge is 0.359 e. The van der Waals surface area contributed by atoms with Crippen molar-refractivity contribution >= 4 is 11.9 Å². The highest BCUT2D eigenvalue weighted by molar-refractivity contribution is 6.00. The summed E-state index contributed by atoms with van der Waals surface area (Å²) in [6, 6.07) is 16.5. The highest BCUT2D eigenvalue weighted by atomic mass is 19.1.